The molecule has 7 heteroatoms. The van der Waals surface area contributed by atoms with Crippen molar-refractivity contribution < 1.29 is 4.42 Å². The molecule has 3 heterocycles. The van der Waals surface area contributed by atoms with Gasteiger partial charge >= 0.3 is 0 Å². The molecule has 242 valence electrons. The zero-order valence-corrected chi connectivity index (χ0v) is 27.8. The first kappa shape index (κ1) is 29.8. The van der Waals surface area contributed by atoms with E-state index >= 15 is 0 Å². The van der Waals surface area contributed by atoms with E-state index in [1.165, 1.54) is 0 Å². The van der Waals surface area contributed by atoms with Crippen molar-refractivity contribution in [2.45, 2.75) is 0 Å². The summed E-state index contributed by atoms with van der Waals surface area (Å²) < 4.78 is 10.2. The molecule has 10 aromatic rings. The molecule has 53 heavy (non-hydrogen) atoms. The Hall–Kier alpha value is -8.10. The molecule has 0 radical (unpaired) electrons. The molecule has 10 rings (SSSR count). The SMILES string of the molecule is N#Cc1cc(-n2c3ccccc3c3ccccc32)c(C#N)cc1-c1ccc(C#N)c(-n2c3ccccc3c3c4c(ccc32)oc2ccccc24)c1C#N. The summed E-state index contributed by atoms with van der Waals surface area (Å²) in [5, 5.41) is 48.7. The summed E-state index contributed by atoms with van der Waals surface area (Å²) in [5.74, 6) is 0. The molecular formula is C46H22N6O. The molecule has 0 atom stereocenters. The van der Waals surface area contributed by atoms with Gasteiger partial charge in [-0.1, -0.05) is 78.9 Å². The Morgan fingerprint density at radius 1 is 0.415 bits per heavy atom. The number of rotatable bonds is 3. The van der Waals surface area contributed by atoms with Crippen molar-refractivity contribution in [2.24, 2.45) is 0 Å². The molecule has 0 spiro atoms. The van der Waals surface area contributed by atoms with Gasteiger partial charge in [0.25, 0.3) is 0 Å². The summed E-state index contributed by atoms with van der Waals surface area (Å²) >= 11 is 0. The van der Waals surface area contributed by atoms with Gasteiger partial charge < -0.3 is 13.6 Å². The fraction of sp³-hybridized carbons (Fsp3) is 0. The minimum Gasteiger partial charge on any atom is -0.456 e. The molecule has 0 saturated carbocycles. The van der Waals surface area contributed by atoms with Crippen molar-refractivity contribution in [3.63, 3.8) is 0 Å². The molecule has 0 fully saturated rings. The van der Waals surface area contributed by atoms with Crippen LogP contribution < -0.4 is 0 Å². The van der Waals surface area contributed by atoms with Gasteiger partial charge in [0.1, 0.15) is 29.4 Å². The van der Waals surface area contributed by atoms with E-state index in [1.54, 1.807) is 24.3 Å². The highest BCUT2D eigenvalue weighted by atomic mass is 16.3. The average Bonchev–Trinajstić information content (AvgIpc) is 3.87. The van der Waals surface area contributed by atoms with E-state index in [0.29, 0.717) is 39.2 Å². The molecule has 3 aromatic heterocycles. The number of aromatic nitrogens is 2. The molecule has 7 nitrogen and oxygen atoms in total. The minimum atomic E-state index is 0.217. The Morgan fingerprint density at radius 2 is 1.02 bits per heavy atom. The van der Waals surface area contributed by atoms with Crippen LogP contribution in [0.5, 0.6) is 0 Å². The van der Waals surface area contributed by atoms with Gasteiger partial charge in [-0.3, -0.25) is 0 Å². The third-order valence-electron chi connectivity index (χ3n) is 10.3. The van der Waals surface area contributed by atoms with E-state index in [2.05, 4.69) is 24.3 Å². The Balaban J connectivity index is 1.28. The fourth-order valence-electron chi connectivity index (χ4n) is 8.13. The second-order valence-electron chi connectivity index (χ2n) is 12.9. The summed E-state index contributed by atoms with van der Waals surface area (Å²) in [4.78, 5) is 0. The maximum Gasteiger partial charge on any atom is 0.136 e. The highest BCUT2D eigenvalue weighted by Crippen LogP contribution is 2.44. The summed E-state index contributed by atoms with van der Waals surface area (Å²) in [6.45, 7) is 0. The van der Waals surface area contributed by atoms with Gasteiger partial charge in [0.15, 0.2) is 0 Å². The molecule has 0 amide bonds. The second kappa shape index (κ2) is 11.2. The Kier molecular flexibility index (Phi) is 6.30. The first-order valence-corrected chi connectivity index (χ1v) is 16.9. The molecule has 0 unspecified atom stereocenters. The number of fused-ring (bicyclic) bond motifs is 10. The predicted octanol–water partition coefficient (Wildman–Crippen LogP) is 10.9. The van der Waals surface area contributed by atoms with Gasteiger partial charge in [0.2, 0.25) is 0 Å². The van der Waals surface area contributed by atoms with Gasteiger partial charge in [-0.2, -0.15) is 21.0 Å². The van der Waals surface area contributed by atoms with E-state index in [4.69, 9.17) is 4.42 Å². The number of benzene rings is 7. The first-order chi connectivity index (χ1) is 26.1. The van der Waals surface area contributed by atoms with Crippen LogP contribution in [0.1, 0.15) is 22.3 Å². The van der Waals surface area contributed by atoms with E-state index in [9.17, 15) is 21.0 Å². The normalized spacial score (nSPS) is 11.3. The van der Waals surface area contributed by atoms with Gasteiger partial charge in [-0.05, 0) is 54.6 Å². The van der Waals surface area contributed by atoms with E-state index < -0.39 is 0 Å². The molecule has 0 N–H and O–H groups in total. The van der Waals surface area contributed by atoms with Gasteiger partial charge in [0.05, 0.1) is 61.8 Å². The number of para-hydroxylation sites is 4. The number of furan rings is 1. The number of nitriles is 4. The smallest absolute Gasteiger partial charge is 0.136 e. The maximum atomic E-state index is 11.0. The molecule has 0 saturated heterocycles. The monoisotopic (exact) mass is 674 g/mol. The van der Waals surface area contributed by atoms with Gasteiger partial charge in [-0.25, -0.2) is 0 Å². The van der Waals surface area contributed by atoms with Crippen molar-refractivity contribution in [1.82, 2.24) is 9.13 Å². The lowest BCUT2D eigenvalue weighted by Crippen LogP contribution is -2.05. The summed E-state index contributed by atoms with van der Waals surface area (Å²) in [6, 6.07) is 52.0. The van der Waals surface area contributed by atoms with Crippen molar-refractivity contribution in [2.75, 3.05) is 0 Å². The van der Waals surface area contributed by atoms with Crippen molar-refractivity contribution in [3.8, 4) is 46.8 Å². The van der Waals surface area contributed by atoms with E-state index in [0.717, 1.165) is 65.6 Å². The topological polar surface area (TPSA) is 118 Å². The summed E-state index contributed by atoms with van der Waals surface area (Å²) in [6.07, 6.45) is 0. The molecule has 7 aromatic carbocycles. The summed E-state index contributed by atoms with van der Waals surface area (Å²) in [5.41, 5.74) is 7.93. The van der Waals surface area contributed by atoms with Crippen LogP contribution >= 0.6 is 0 Å². The standard InChI is InChI=1S/C46H22N6O/c47-23-27-17-18-30(35-21-29(25-49)41(22-28(35)24-48)51-37-13-5-1-9-31(37)32-10-2-6-14-38(32)51)36(26-50)46(27)52-39-15-7-3-11-33(39)44-40(52)19-20-43-45(44)34-12-4-8-16-42(34)53-43/h1-22H. The largest absolute Gasteiger partial charge is 0.456 e. The zero-order chi connectivity index (χ0) is 35.8. The van der Waals surface area contributed by atoms with Crippen LogP contribution in [0, 0.1) is 45.3 Å². The van der Waals surface area contributed by atoms with E-state index in [1.807, 2.05) is 118 Å². The lowest BCUT2D eigenvalue weighted by Gasteiger charge is -2.17. The lowest BCUT2D eigenvalue weighted by atomic mass is 9.91. The van der Waals surface area contributed by atoms with E-state index in [-0.39, 0.29) is 5.56 Å². The van der Waals surface area contributed by atoms with Crippen LogP contribution in [0.4, 0.5) is 0 Å². The molecular weight excluding hydrogens is 653 g/mol. The Morgan fingerprint density at radius 3 is 1.68 bits per heavy atom. The average molecular weight is 675 g/mol. The van der Waals surface area contributed by atoms with Crippen molar-refractivity contribution in [3.05, 3.63) is 156 Å². The molecule has 0 aliphatic heterocycles. The molecule has 0 aliphatic carbocycles. The zero-order valence-electron chi connectivity index (χ0n) is 27.8. The van der Waals surface area contributed by atoms with Crippen molar-refractivity contribution in [1.29, 1.82) is 21.0 Å². The molecule has 0 bridgehead atoms. The van der Waals surface area contributed by atoms with Gasteiger partial charge in [0, 0.05) is 43.4 Å². The third kappa shape index (κ3) is 4.05. The fourth-order valence-corrected chi connectivity index (χ4v) is 8.13. The van der Waals surface area contributed by atoms with Crippen LogP contribution in [0.15, 0.2) is 138 Å². The lowest BCUT2D eigenvalue weighted by molar-refractivity contribution is 0.669. The van der Waals surface area contributed by atoms with Crippen LogP contribution in [-0.2, 0) is 0 Å². The van der Waals surface area contributed by atoms with Gasteiger partial charge in [-0.15, -0.1) is 0 Å². The highest BCUT2D eigenvalue weighted by molar-refractivity contribution is 6.27. The number of nitrogens with zero attached hydrogens (tertiary/aromatic N) is 6. The van der Waals surface area contributed by atoms with Crippen LogP contribution in [0.3, 0.4) is 0 Å². The third-order valence-corrected chi connectivity index (χ3v) is 10.3. The van der Waals surface area contributed by atoms with Crippen LogP contribution in [0.25, 0.3) is 88.1 Å². The Labute approximate surface area is 301 Å². The number of hydrogen-bond acceptors (Lipinski definition) is 5. The highest BCUT2D eigenvalue weighted by Gasteiger charge is 2.25. The van der Waals surface area contributed by atoms with Crippen LogP contribution in [-0.4, -0.2) is 9.13 Å². The first-order valence-electron chi connectivity index (χ1n) is 16.9. The minimum absolute atomic E-state index is 0.217. The van der Waals surface area contributed by atoms with Crippen molar-refractivity contribution >= 4 is 65.6 Å². The number of hydrogen-bond donors (Lipinski definition) is 0. The quantitative estimate of drug-likeness (QED) is 0.185. The van der Waals surface area contributed by atoms with Crippen LogP contribution in [0.2, 0.25) is 0 Å². The summed E-state index contributed by atoms with van der Waals surface area (Å²) in [7, 11) is 0. The second-order valence-corrected chi connectivity index (χ2v) is 12.9. The Bertz CT molecular complexity index is 3350. The molecule has 0 aliphatic rings. The maximum absolute atomic E-state index is 11.0. The predicted molar refractivity (Wildman–Crippen MR) is 207 cm³/mol.